The molecule has 1 saturated heterocycles. The zero-order valence-corrected chi connectivity index (χ0v) is 10.1. The van der Waals surface area contributed by atoms with Gasteiger partial charge in [0, 0.05) is 25.9 Å². The van der Waals surface area contributed by atoms with Crippen molar-refractivity contribution >= 4 is 5.91 Å². The first-order chi connectivity index (χ1) is 8.29. The Morgan fingerprint density at radius 1 is 1.47 bits per heavy atom. The summed E-state index contributed by atoms with van der Waals surface area (Å²) in [7, 11) is 0. The van der Waals surface area contributed by atoms with Crippen LogP contribution < -0.4 is 5.73 Å². The molecule has 1 aliphatic rings. The lowest BCUT2D eigenvalue weighted by Gasteiger charge is -2.31. The van der Waals surface area contributed by atoms with E-state index in [-0.39, 0.29) is 5.91 Å². The van der Waals surface area contributed by atoms with Gasteiger partial charge in [-0.1, -0.05) is 0 Å². The molecule has 0 atom stereocenters. The Labute approximate surface area is 102 Å². The molecule has 2 heterocycles. The first kappa shape index (κ1) is 12.2. The number of hydrogen-bond acceptors (Lipinski definition) is 3. The number of amides is 1. The van der Waals surface area contributed by atoms with E-state index in [0.717, 1.165) is 38.2 Å². The molecule has 1 aliphatic heterocycles. The maximum atomic E-state index is 11.9. The molecule has 1 aromatic heterocycles. The fraction of sp³-hybridized carbons (Fsp3) is 0.615. The topological polar surface area (TPSA) is 59.5 Å². The van der Waals surface area contributed by atoms with Crippen LogP contribution >= 0.6 is 0 Å². The molecule has 0 radical (unpaired) electrons. The Balaban J connectivity index is 1.73. The molecule has 2 rings (SSSR count). The van der Waals surface area contributed by atoms with Gasteiger partial charge in [-0.05, 0) is 37.4 Å². The average molecular weight is 236 g/mol. The van der Waals surface area contributed by atoms with Gasteiger partial charge >= 0.3 is 0 Å². The molecule has 0 aliphatic carbocycles. The average Bonchev–Trinajstić information content (AvgIpc) is 2.89. The minimum Gasteiger partial charge on any atom is -0.469 e. The van der Waals surface area contributed by atoms with Gasteiger partial charge in [-0.2, -0.15) is 0 Å². The summed E-state index contributed by atoms with van der Waals surface area (Å²) in [4.78, 5) is 13.9. The van der Waals surface area contributed by atoms with Crippen molar-refractivity contribution in [1.82, 2.24) is 4.90 Å². The molecule has 17 heavy (non-hydrogen) atoms. The first-order valence-electron chi connectivity index (χ1n) is 6.30. The molecule has 1 fully saturated rings. The van der Waals surface area contributed by atoms with Crippen LogP contribution in [0, 0.1) is 5.92 Å². The lowest BCUT2D eigenvalue weighted by molar-refractivity contribution is -0.132. The Hall–Kier alpha value is -1.29. The summed E-state index contributed by atoms with van der Waals surface area (Å²) in [6.07, 6.45) is 4.97. The summed E-state index contributed by atoms with van der Waals surface area (Å²) in [5.74, 6) is 1.72. The summed E-state index contributed by atoms with van der Waals surface area (Å²) in [6.45, 7) is 2.46. The normalized spacial score (nSPS) is 17.4. The summed E-state index contributed by atoms with van der Waals surface area (Å²) < 4.78 is 5.22. The number of nitrogens with zero attached hydrogens (tertiary/aromatic N) is 1. The molecule has 0 spiro atoms. The number of aryl methyl sites for hydroxylation is 1. The van der Waals surface area contributed by atoms with Crippen molar-refractivity contribution < 1.29 is 9.21 Å². The van der Waals surface area contributed by atoms with Gasteiger partial charge in [-0.25, -0.2) is 0 Å². The third-order valence-electron chi connectivity index (χ3n) is 3.47. The number of carbonyl (C=O) groups is 1. The number of rotatable bonds is 4. The lowest BCUT2D eigenvalue weighted by atomic mass is 9.97. The van der Waals surface area contributed by atoms with Crippen LogP contribution in [0.15, 0.2) is 22.8 Å². The summed E-state index contributed by atoms with van der Waals surface area (Å²) in [5, 5.41) is 0. The van der Waals surface area contributed by atoms with E-state index in [1.165, 1.54) is 0 Å². The van der Waals surface area contributed by atoms with Crippen LogP contribution in [-0.2, 0) is 11.2 Å². The van der Waals surface area contributed by atoms with Gasteiger partial charge in [0.1, 0.15) is 5.76 Å². The van der Waals surface area contributed by atoms with Gasteiger partial charge in [0.15, 0.2) is 0 Å². The minimum atomic E-state index is 0.233. The maximum absolute atomic E-state index is 11.9. The van der Waals surface area contributed by atoms with Crippen LogP contribution in [0.3, 0.4) is 0 Å². The Kier molecular flexibility index (Phi) is 4.20. The Morgan fingerprint density at radius 2 is 2.24 bits per heavy atom. The second-order valence-electron chi connectivity index (χ2n) is 4.64. The molecule has 4 nitrogen and oxygen atoms in total. The van der Waals surface area contributed by atoms with Gasteiger partial charge in [0.25, 0.3) is 0 Å². The number of likely N-dealkylation sites (tertiary alicyclic amines) is 1. The lowest BCUT2D eigenvalue weighted by Crippen LogP contribution is -2.40. The van der Waals surface area contributed by atoms with E-state index >= 15 is 0 Å². The molecule has 94 valence electrons. The van der Waals surface area contributed by atoms with Crippen LogP contribution in [0.4, 0.5) is 0 Å². The fourth-order valence-corrected chi connectivity index (χ4v) is 2.26. The Morgan fingerprint density at radius 3 is 2.82 bits per heavy atom. The van der Waals surface area contributed by atoms with E-state index in [1.807, 2.05) is 17.0 Å². The monoisotopic (exact) mass is 236 g/mol. The third kappa shape index (κ3) is 3.33. The van der Waals surface area contributed by atoms with Crippen LogP contribution in [0.1, 0.15) is 25.0 Å². The second-order valence-corrected chi connectivity index (χ2v) is 4.64. The van der Waals surface area contributed by atoms with E-state index in [0.29, 0.717) is 18.8 Å². The van der Waals surface area contributed by atoms with Crippen LogP contribution in [-0.4, -0.2) is 30.4 Å². The Bertz CT molecular complexity index is 340. The molecule has 1 aromatic rings. The highest BCUT2D eigenvalue weighted by atomic mass is 16.3. The van der Waals surface area contributed by atoms with Gasteiger partial charge in [0.05, 0.1) is 6.26 Å². The molecule has 1 amide bonds. The summed E-state index contributed by atoms with van der Waals surface area (Å²) >= 11 is 0. The molecule has 0 unspecified atom stereocenters. The van der Waals surface area contributed by atoms with Crippen molar-refractivity contribution in [3.8, 4) is 0 Å². The molecule has 4 heteroatoms. The predicted molar refractivity (Wildman–Crippen MR) is 65.4 cm³/mol. The zero-order chi connectivity index (χ0) is 12.1. The smallest absolute Gasteiger partial charge is 0.223 e. The van der Waals surface area contributed by atoms with E-state index in [4.69, 9.17) is 10.2 Å². The first-order valence-corrected chi connectivity index (χ1v) is 6.30. The number of hydrogen-bond donors (Lipinski definition) is 1. The molecular formula is C13H20N2O2. The SMILES string of the molecule is NCC1CCN(C(=O)CCc2ccco2)CC1. The largest absolute Gasteiger partial charge is 0.469 e. The van der Waals surface area contributed by atoms with Crippen molar-refractivity contribution in [2.75, 3.05) is 19.6 Å². The van der Waals surface area contributed by atoms with Crippen LogP contribution in [0.2, 0.25) is 0 Å². The summed E-state index contributed by atoms with van der Waals surface area (Å²) in [6, 6.07) is 3.76. The molecule has 0 aromatic carbocycles. The van der Waals surface area contributed by atoms with Crippen LogP contribution in [0.25, 0.3) is 0 Å². The van der Waals surface area contributed by atoms with Crippen molar-refractivity contribution in [2.24, 2.45) is 11.7 Å². The number of nitrogens with two attached hydrogens (primary N) is 1. The van der Waals surface area contributed by atoms with E-state index < -0.39 is 0 Å². The van der Waals surface area contributed by atoms with Gasteiger partial charge < -0.3 is 15.1 Å². The highest BCUT2D eigenvalue weighted by Gasteiger charge is 2.21. The van der Waals surface area contributed by atoms with Crippen LogP contribution in [0.5, 0.6) is 0 Å². The fourth-order valence-electron chi connectivity index (χ4n) is 2.26. The third-order valence-corrected chi connectivity index (χ3v) is 3.47. The number of piperidine rings is 1. The van der Waals surface area contributed by atoms with Gasteiger partial charge in [-0.15, -0.1) is 0 Å². The van der Waals surface area contributed by atoms with E-state index in [9.17, 15) is 4.79 Å². The van der Waals surface area contributed by atoms with E-state index in [2.05, 4.69) is 0 Å². The quantitative estimate of drug-likeness (QED) is 0.859. The van der Waals surface area contributed by atoms with E-state index in [1.54, 1.807) is 6.26 Å². The van der Waals surface area contributed by atoms with Crippen molar-refractivity contribution in [3.63, 3.8) is 0 Å². The van der Waals surface area contributed by atoms with Gasteiger partial charge in [-0.3, -0.25) is 4.79 Å². The van der Waals surface area contributed by atoms with Crippen molar-refractivity contribution in [1.29, 1.82) is 0 Å². The number of furan rings is 1. The highest BCUT2D eigenvalue weighted by molar-refractivity contribution is 5.76. The standard InChI is InChI=1S/C13H20N2O2/c14-10-11-5-7-15(8-6-11)13(16)4-3-12-2-1-9-17-12/h1-2,9,11H,3-8,10,14H2. The minimum absolute atomic E-state index is 0.233. The van der Waals surface area contributed by atoms with Crippen molar-refractivity contribution in [2.45, 2.75) is 25.7 Å². The highest BCUT2D eigenvalue weighted by Crippen LogP contribution is 2.17. The van der Waals surface area contributed by atoms with Crippen molar-refractivity contribution in [3.05, 3.63) is 24.2 Å². The predicted octanol–water partition coefficient (Wildman–Crippen LogP) is 1.41. The molecule has 0 bridgehead atoms. The maximum Gasteiger partial charge on any atom is 0.223 e. The zero-order valence-electron chi connectivity index (χ0n) is 10.1. The molecule has 2 N–H and O–H groups in total. The molecule has 0 saturated carbocycles. The summed E-state index contributed by atoms with van der Waals surface area (Å²) in [5.41, 5.74) is 5.63. The van der Waals surface area contributed by atoms with Gasteiger partial charge in [0.2, 0.25) is 5.91 Å². The second kappa shape index (κ2) is 5.87. The number of carbonyl (C=O) groups excluding carboxylic acids is 1. The molecular weight excluding hydrogens is 216 g/mol.